The summed E-state index contributed by atoms with van der Waals surface area (Å²) in [6.45, 7) is 3.30. The Morgan fingerprint density at radius 2 is 2.30 bits per heavy atom. The number of aromatic carboxylic acids is 1. The maximum Gasteiger partial charge on any atom is 0.354 e. The summed E-state index contributed by atoms with van der Waals surface area (Å²) in [4.78, 5) is 24.4. The van der Waals surface area contributed by atoms with E-state index >= 15 is 0 Å². The van der Waals surface area contributed by atoms with Crippen LogP contribution < -0.4 is 5.32 Å². The topological polar surface area (TPSA) is 88.0 Å². The molecule has 0 unspecified atom stereocenters. The number of nitrogens with zero attached hydrogens (tertiary/aromatic N) is 3. The van der Waals surface area contributed by atoms with E-state index in [1.54, 1.807) is 11.3 Å². The first-order chi connectivity index (χ1) is 9.63. The zero-order chi connectivity index (χ0) is 14.1. The molecule has 0 aliphatic carbocycles. The van der Waals surface area contributed by atoms with E-state index in [9.17, 15) is 9.90 Å². The Morgan fingerprint density at radius 3 is 3.00 bits per heavy atom. The molecule has 3 rings (SSSR count). The molecule has 7 heteroatoms. The van der Waals surface area contributed by atoms with Crippen LogP contribution in [0, 0.1) is 6.92 Å². The minimum absolute atomic E-state index is 0.139. The third-order valence-corrected chi connectivity index (χ3v) is 4.13. The molecule has 0 saturated heterocycles. The fourth-order valence-electron chi connectivity index (χ4n) is 2.29. The second-order valence-corrected chi connectivity index (χ2v) is 5.65. The Morgan fingerprint density at radius 1 is 1.45 bits per heavy atom. The summed E-state index contributed by atoms with van der Waals surface area (Å²) in [6, 6.07) is 0. The van der Waals surface area contributed by atoms with Crippen LogP contribution in [0.1, 0.15) is 38.3 Å². The molecule has 0 radical (unpaired) electrons. The van der Waals surface area contributed by atoms with Crippen molar-refractivity contribution in [3.05, 3.63) is 38.9 Å². The summed E-state index contributed by atoms with van der Waals surface area (Å²) in [5, 5.41) is 15.4. The molecular weight excluding hydrogens is 276 g/mol. The summed E-state index contributed by atoms with van der Waals surface area (Å²) in [5.41, 5.74) is 2.66. The highest BCUT2D eigenvalue weighted by molar-refractivity contribution is 7.09. The number of aryl methyl sites for hydroxylation is 1. The first-order valence-corrected chi connectivity index (χ1v) is 7.25. The van der Waals surface area contributed by atoms with E-state index in [0.29, 0.717) is 25.2 Å². The Bertz CT molecular complexity index is 668. The van der Waals surface area contributed by atoms with Crippen molar-refractivity contribution in [1.29, 1.82) is 0 Å². The highest BCUT2D eigenvalue weighted by Crippen LogP contribution is 2.18. The predicted molar refractivity (Wildman–Crippen MR) is 74.1 cm³/mol. The van der Waals surface area contributed by atoms with Crippen molar-refractivity contribution in [3.8, 4) is 0 Å². The van der Waals surface area contributed by atoms with Gasteiger partial charge in [0.2, 0.25) is 0 Å². The molecule has 0 aromatic carbocycles. The molecule has 2 N–H and O–H groups in total. The largest absolute Gasteiger partial charge is 0.477 e. The van der Waals surface area contributed by atoms with Crippen LogP contribution in [0.25, 0.3) is 0 Å². The van der Waals surface area contributed by atoms with Crippen LogP contribution in [0.4, 0.5) is 0 Å². The number of carbonyl (C=O) groups is 1. The van der Waals surface area contributed by atoms with Crippen LogP contribution in [0.3, 0.4) is 0 Å². The Labute approximate surface area is 119 Å². The lowest BCUT2D eigenvalue weighted by atomic mass is 10.0. The van der Waals surface area contributed by atoms with Gasteiger partial charge < -0.3 is 10.4 Å². The average molecular weight is 290 g/mol. The third-order valence-electron chi connectivity index (χ3n) is 3.16. The molecule has 2 aromatic rings. The maximum absolute atomic E-state index is 11.4. The lowest BCUT2D eigenvalue weighted by molar-refractivity contribution is 0.0688. The van der Waals surface area contributed by atoms with Crippen molar-refractivity contribution < 1.29 is 9.90 Å². The van der Waals surface area contributed by atoms with Crippen LogP contribution in [0.2, 0.25) is 0 Å². The van der Waals surface area contributed by atoms with Gasteiger partial charge in [-0.15, -0.1) is 11.3 Å². The van der Waals surface area contributed by atoms with Crippen molar-refractivity contribution >= 4 is 17.3 Å². The van der Waals surface area contributed by atoms with Gasteiger partial charge in [0.15, 0.2) is 5.69 Å². The molecule has 1 aliphatic heterocycles. The molecule has 0 fully saturated rings. The van der Waals surface area contributed by atoms with E-state index in [1.165, 1.54) is 0 Å². The van der Waals surface area contributed by atoms with Crippen molar-refractivity contribution in [2.45, 2.75) is 26.3 Å². The summed E-state index contributed by atoms with van der Waals surface area (Å²) in [5.74, 6) is -0.457. The number of hydrogen-bond acceptors (Lipinski definition) is 6. The monoisotopic (exact) mass is 290 g/mol. The van der Waals surface area contributed by atoms with E-state index in [2.05, 4.69) is 20.3 Å². The minimum atomic E-state index is -0.984. The molecule has 0 amide bonds. The molecular formula is C13H14N4O2S. The van der Waals surface area contributed by atoms with Crippen LogP contribution in [-0.4, -0.2) is 32.6 Å². The molecule has 0 spiro atoms. The lowest BCUT2D eigenvalue weighted by Gasteiger charge is -2.18. The van der Waals surface area contributed by atoms with E-state index in [1.807, 2.05) is 12.3 Å². The first-order valence-electron chi connectivity index (χ1n) is 6.37. The highest BCUT2D eigenvalue weighted by atomic mass is 32.1. The molecule has 104 valence electrons. The van der Waals surface area contributed by atoms with Crippen LogP contribution in [-0.2, 0) is 19.4 Å². The fraction of sp³-hybridized carbons (Fsp3) is 0.385. The molecule has 20 heavy (non-hydrogen) atoms. The van der Waals surface area contributed by atoms with Gasteiger partial charge in [0.25, 0.3) is 0 Å². The highest BCUT2D eigenvalue weighted by Gasteiger charge is 2.21. The standard InChI is InChI=1S/C13H14N4O2S/c1-7-6-20-11(15-7)4-10-16-9-5-14-3-2-8(9)12(17-10)13(18)19/h6,14H,2-5H2,1H3,(H,18,19). The second kappa shape index (κ2) is 5.26. The first kappa shape index (κ1) is 13.1. The second-order valence-electron chi connectivity index (χ2n) is 4.71. The zero-order valence-corrected chi connectivity index (χ0v) is 11.8. The van der Waals surface area contributed by atoms with E-state index in [0.717, 1.165) is 28.5 Å². The van der Waals surface area contributed by atoms with E-state index in [-0.39, 0.29) is 5.69 Å². The molecule has 0 saturated carbocycles. The average Bonchev–Trinajstić information content (AvgIpc) is 2.83. The minimum Gasteiger partial charge on any atom is -0.477 e. The van der Waals surface area contributed by atoms with Crippen molar-refractivity contribution in [3.63, 3.8) is 0 Å². The Hall–Kier alpha value is -1.86. The van der Waals surface area contributed by atoms with Gasteiger partial charge in [0.1, 0.15) is 10.8 Å². The molecule has 3 heterocycles. The number of carboxylic acids is 1. The summed E-state index contributed by atoms with van der Waals surface area (Å²) in [7, 11) is 0. The maximum atomic E-state index is 11.4. The van der Waals surface area contributed by atoms with Crippen LogP contribution >= 0.6 is 11.3 Å². The van der Waals surface area contributed by atoms with E-state index in [4.69, 9.17) is 0 Å². The van der Waals surface area contributed by atoms with Crippen molar-refractivity contribution in [2.24, 2.45) is 0 Å². The fourth-order valence-corrected chi connectivity index (χ4v) is 3.05. The number of aromatic nitrogens is 3. The van der Waals surface area contributed by atoms with Gasteiger partial charge in [-0.1, -0.05) is 0 Å². The number of rotatable bonds is 3. The van der Waals surface area contributed by atoms with Gasteiger partial charge >= 0.3 is 5.97 Å². The molecule has 2 aromatic heterocycles. The molecule has 1 aliphatic rings. The van der Waals surface area contributed by atoms with Gasteiger partial charge in [-0.2, -0.15) is 0 Å². The van der Waals surface area contributed by atoms with Gasteiger partial charge in [-0.3, -0.25) is 0 Å². The van der Waals surface area contributed by atoms with Gasteiger partial charge in [-0.25, -0.2) is 19.7 Å². The van der Waals surface area contributed by atoms with Crippen LogP contribution in [0.5, 0.6) is 0 Å². The summed E-state index contributed by atoms with van der Waals surface area (Å²) in [6.07, 6.45) is 1.14. The normalized spacial score (nSPS) is 14.1. The SMILES string of the molecule is Cc1csc(Cc2nc3c(c(C(=O)O)n2)CCNC3)n1. The Balaban J connectivity index is 1.99. The van der Waals surface area contributed by atoms with Crippen molar-refractivity contribution in [1.82, 2.24) is 20.3 Å². The number of hydrogen-bond donors (Lipinski definition) is 2. The molecule has 6 nitrogen and oxygen atoms in total. The Kier molecular flexibility index (Phi) is 3.45. The van der Waals surface area contributed by atoms with Gasteiger partial charge in [0.05, 0.1) is 12.1 Å². The quantitative estimate of drug-likeness (QED) is 0.882. The number of carboxylic acid groups (broad SMARTS) is 1. The van der Waals surface area contributed by atoms with Crippen LogP contribution in [0.15, 0.2) is 5.38 Å². The smallest absolute Gasteiger partial charge is 0.354 e. The predicted octanol–water partition coefficient (Wildman–Crippen LogP) is 1.18. The van der Waals surface area contributed by atoms with Crippen molar-refractivity contribution in [2.75, 3.05) is 6.54 Å². The number of thiazole rings is 1. The number of fused-ring (bicyclic) bond motifs is 1. The lowest BCUT2D eigenvalue weighted by Crippen LogP contribution is -2.28. The third kappa shape index (κ3) is 2.54. The number of nitrogens with one attached hydrogen (secondary N) is 1. The zero-order valence-electron chi connectivity index (χ0n) is 11.0. The van der Waals surface area contributed by atoms with Gasteiger partial charge in [0, 0.05) is 23.2 Å². The molecule has 0 atom stereocenters. The summed E-state index contributed by atoms with van der Waals surface area (Å²) >= 11 is 1.54. The van der Waals surface area contributed by atoms with E-state index < -0.39 is 5.97 Å². The molecule has 0 bridgehead atoms. The van der Waals surface area contributed by atoms with Gasteiger partial charge in [-0.05, 0) is 19.9 Å². The summed E-state index contributed by atoms with van der Waals surface area (Å²) < 4.78 is 0.